The maximum Gasteiger partial charge on any atom is 0.328 e. The van der Waals surface area contributed by atoms with E-state index in [1.54, 1.807) is 12.1 Å². The van der Waals surface area contributed by atoms with Crippen LogP contribution in [0, 0.1) is 11.7 Å². The first-order valence-electron chi connectivity index (χ1n) is 6.54. The monoisotopic (exact) mass is 281 g/mol. The fourth-order valence-corrected chi connectivity index (χ4v) is 1.91. The maximum absolute atomic E-state index is 13.0. The van der Waals surface area contributed by atoms with E-state index in [4.69, 9.17) is 0 Å². The first-order chi connectivity index (χ1) is 9.42. The van der Waals surface area contributed by atoms with Crippen LogP contribution in [0.3, 0.4) is 0 Å². The second-order valence-electron chi connectivity index (χ2n) is 5.08. The Morgan fingerprint density at radius 3 is 2.60 bits per heavy atom. The molecule has 1 amide bonds. The molecular formula is C15H20FNO3. The number of carbonyl (C=O) groups is 2. The van der Waals surface area contributed by atoms with Crippen LogP contribution < -0.4 is 5.32 Å². The zero-order valence-electron chi connectivity index (χ0n) is 12.0. The molecule has 1 N–H and O–H groups in total. The van der Waals surface area contributed by atoms with Gasteiger partial charge >= 0.3 is 5.97 Å². The Balaban J connectivity index is 2.64. The molecular weight excluding hydrogens is 261 g/mol. The van der Waals surface area contributed by atoms with Crippen LogP contribution >= 0.6 is 0 Å². The van der Waals surface area contributed by atoms with Gasteiger partial charge < -0.3 is 10.1 Å². The van der Waals surface area contributed by atoms with Crippen LogP contribution in [-0.2, 0) is 20.7 Å². The van der Waals surface area contributed by atoms with Crippen LogP contribution in [0.15, 0.2) is 24.3 Å². The molecule has 1 unspecified atom stereocenters. The molecule has 0 aliphatic rings. The van der Waals surface area contributed by atoms with Gasteiger partial charge in [-0.2, -0.15) is 0 Å². The largest absolute Gasteiger partial charge is 0.467 e. The zero-order chi connectivity index (χ0) is 15.1. The third kappa shape index (κ3) is 5.38. The summed E-state index contributed by atoms with van der Waals surface area (Å²) >= 11 is 0. The van der Waals surface area contributed by atoms with Gasteiger partial charge in [-0.05, 0) is 30.0 Å². The maximum atomic E-state index is 13.0. The van der Waals surface area contributed by atoms with Gasteiger partial charge in [0.1, 0.15) is 11.9 Å². The molecule has 0 saturated carbocycles. The summed E-state index contributed by atoms with van der Waals surface area (Å²) in [5.74, 6) is -0.937. The molecule has 0 spiro atoms. The molecule has 0 heterocycles. The Morgan fingerprint density at radius 2 is 2.05 bits per heavy atom. The fraction of sp³-hybridized carbons (Fsp3) is 0.467. The number of hydrogen-bond donors (Lipinski definition) is 1. The lowest BCUT2D eigenvalue weighted by molar-refractivity contribution is -0.145. The molecule has 1 aromatic rings. The fourth-order valence-electron chi connectivity index (χ4n) is 1.91. The summed E-state index contributed by atoms with van der Waals surface area (Å²) in [5, 5.41) is 2.63. The van der Waals surface area contributed by atoms with Crippen LogP contribution in [0.1, 0.15) is 25.8 Å². The predicted octanol–water partition coefficient (Wildman–Crippen LogP) is 2.07. The van der Waals surface area contributed by atoms with E-state index in [1.165, 1.54) is 19.2 Å². The molecule has 1 aromatic carbocycles. The van der Waals surface area contributed by atoms with Gasteiger partial charge in [0.15, 0.2) is 0 Å². The summed E-state index contributed by atoms with van der Waals surface area (Å²) in [5.41, 5.74) is 0.565. The number of amides is 1. The lowest BCUT2D eigenvalue weighted by atomic mass is 10.0. The lowest BCUT2D eigenvalue weighted by Crippen LogP contribution is -2.43. The summed E-state index contributed by atoms with van der Waals surface area (Å²) in [6, 6.07) is 5.16. The van der Waals surface area contributed by atoms with Gasteiger partial charge in [0.25, 0.3) is 0 Å². The number of halogens is 1. The summed E-state index contributed by atoms with van der Waals surface area (Å²) < 4.78 is 17.7. The minimum Gasteiger partial charge on any atom is -0.467 e. The number of methoxy groups -OCH3 is 1. The zero-order valence-corrected chi connectivity index (χ0v) is 12.0. The van der Waals surface area contributed by atoms with Crippen molar-refractivity contribution in [1.82, 2.24) is 5.32 Å². The van der Waals surface area contributed by atoms with E-state index in [0.29, 0.717) is 12.0 Å². The molecule has 1 atom stereocenters. The Kier molecular flexibility index (Phi) is 6.15. The molecule has 0 bridgehead atoms. The average Bonchev–Trinajstić information content (AvgIpc) is 2.36. The van der Waals surface area contributed by atoms with E-state index in [1.807, 2.05) is 13.8 Å². The number of rotatable bonds is 6. The normalized spacial score (nSPS) is 12.1. The van der Waals surface area contributed by atoms with E-state index in [-0.39, 0.29) is 24.1 Å². The molecule has 0 aromatic heterocycles. The molecule has 0 radical (unpaired) electrons. The highest BCUT2D eigenvalue weighted by molar-refractivity contribution is 5.85. The number of hydrogen-bond acceptors (Lipinski definition) is 3. The smallest absolute Gasteiger partial charge is 0.328 e. The van der Waals surface area contributed by atoms with Gasteiger partial charge in [0.2, 0.25) is 5.91 Å². The summed E-state index contributed by atoms with van der Waals surface area (Å²) in [7, 11) is 1.29. The van der Waals surface area contributed by atoms with Crippen molar-refractivity contribution < 1.29 is 18.7 Å². The van der Waals surface area contributed by atoms with E-state index in [0.717, 1.165) is 0 Å². The molecule has 0 fully saturated rings. The highest BCUT2D eigenvalue weighted by Crippen LogP contribution is 2.08. The Hall–Kier alpha value is -1.91. The van der Waals surface area contributed by atoms with Gasteiger partial charge in [-0.1, -0.05) is 26.0 Å². The predicted molar refractivity (Wildman–Crippen MR) is 73.5 cm³/mol. The van der Waals surface area contributed by atoms with Gasteiger partial charge in [0.05, 0.1) is 13.5 Å². The van der Waals surface area contributed by atoms with Crippen molar-refractivity contribution in [3.63, 3.8) is 0 Å². The first-order valence-corrected chi connectivity index (χ1v) is 6.54. The quantitative estimate of drug-likeness (QED) is 0.812. The van der Waals surface area contributed by atoms with Crippen LogP contribution in [-0.4, -0.2) is 25.0 Å². The van der Waals surface area contributed by atoms with Crippen molar-refractivity contribution in [2.24, 2.45) is 5.92 Å². The standard InChI is InChI=1S/C15H20FNO3/c1-10(2)7-13(15(19)20-3)17-14(18)9-11-5-4-6-12(16)8-11/h4-6,8,10,13H,7,9H2,1-3H3,(H,17,18). The average molecular weight is 281 g/mol. The first kappa shape index (κ1) is 16.1. The minimum absolute atomic E-state index is 0.0311. The van der Waals surface area contributed by atoms with Crippen molar-refractivity contribution in [3.05, 3.63) is 35.6 Å². The van der Waals surface area contributed by atoms with Crippen LogP contribution in [0.2, 0.25) is 0 Å². The minimum atomic E-state index is -0.666. The second-order valence-corrected chi connectivity index (χ2v) is 5.08. The summed E-state index contributed by atoms with van der Waals surface area (Å²) in [4.78, 5) is 23.5. The van der Waals surface area contributed by atoms with Crippen molar-refractivity contribution in [1.29, 1.82) is 0 Å². The molecule has 0 saturated heterocycles. The van der Waals surface area contributed by atoms with Gasteiger partial charge in [0, 0.05) is 0 Å². The van der Waals surface area contributed by atoms with E-state index in [2.05, 4.69) is 10.1 Å². The van der Waals surface area contributed by atoms with Crippen molar-refractivity contribution in [2.75, 3.05) is 7.11 Å². The number of carbonyl (C=O) groups excluding carboxylic acids is 2. The molecule has 110 valence electrons. The van der Waals surface area contributed by atoms with Crippen molar-refractivity contribution in [3.8, 4) is 0 Å². The highest BCUT2D eigenvalue weighted by atomic mass is 19.1. The van der Waals surface area contributed by atoms with E-state index < -0.39 is 12.0 Å². The Morgan fingerprint density at radius 1 is 1.35 bits per heavy atom. The number of esters is 1. The van der Waals surface area contributed by atoms with E-state index in [9.17, 15) is 14.0 Å². The Bertz CT molecular complexity index is 474. The SMILES string of the molecule is COC(=O)C(CC(C)C)NC(=O)Cc1cccc(F)c1. The molecule has 0 aliphatic carbocycles. The van der Waals surface area contributed by atoms with Crippen LogP contribution in [0.25, 0.3) is 0 Å². The highest BCUT2D eigenvalue weighted by Gasteiger charge is 2.22. The molecule has 1 rings (SSSR count). The molecule has 0 aliphatic heterocycles. The van der Waals surface area contributed by atoms with Gasteiger partial charge in [-0.3, -0.25) is 4.79 Å². The lowest BCUT2D eigenvalue weighted by Gasteiger charge is -2.18. The molecule has 4 nitrogen and oxygen atoms in total. The summed E-state index contributed by atoms with van der Waals surface area (Å²) in [6.07, 6.45) is 0.533. The van der Waals surface area contributed by atoms with E-state index >= 15 is 0 Å². The van der Waals surface area contributed by atoms with Gasteiger partial charge in [-0.15, -0.1) is 0 Å². The van der Waals surface area contributed by atoms with Crippen LogP contribution in [0.5, 0.6) is 0 Å². The molecule has 20 heavy (non-hydrogen) atoms. The van der Waals surface area contributed by atoms with Gasteiger partial charge in [-0.25, -0.2) is 9.18 Å². The third-order valence-corrected chi connectivity index (χ3v) is 2.78. The summed E-state index contributed by atoms with van der Waals surface area (Å²) in [6.45, 7) is 3.91. The third-order valence-electron chi connectivity index (χ3n) is 2.78. The number of benzene rings is 1. The van der Waals surface area contributed by atoms with Crippen molar-refractivity contribution >= 4 is 11.9 Å². The van der Waals surface area contributed by atoms with Crippen molar-refractivity contribution in [2.45, 2.75) is 32.7 Å². The number of ether oxygens (including phenoxy) is 1. The second kappa shape index (κ2) is 7.62. The van der Waals surface area contributed by atoms with Crippen LogP contribution in [0.4, 0.5) is 4.39 Å². The number of nitrogens with one attached hydrogen (secondary N) is 1. The topological polar surface area (TPSA) is 55.4 Å². The Labute approximate surface area is 118 Å². The molecule has 5 heteroatoms.